The van der Waals surface area contributed by atoms with Crippen molar-refractivity contribution in [3.63, 3.8) is 0 Å². The molecule has 2 N–H and O–H groups in total. The van der Waals surface area contributed by atoms with E-state index in [-0.39, 0.29) is 11.8 Å². The molecule has 82 valence electrons. The van der Waals surface area contributed by atoms with E-state index in [0.717, 1.165) is 32.3 Å². The maximum atomic E-state index is 12.0. The first-order valence-electron chi connectivity index (χ1n) is 5.61. The highest BCUT2D eigenvalue weighted by Crippen LogP contribution is 2.20. The summed E-state index contributed by atoms with van der Waals surface area (Å²) in [5, 5.41) is 0. The predicted molar refractivity (Wildman–Crippen MR) is 56.0 cm³/mol. The van der Waals surface area contributed by atoms with Crippen LogP contribution in [0, 0.1) is 11.8 Å². The van der Waals surface area contributed by atoms with E-state index in [2.05, 4.69) is 6.92 Å². The Bertz CT molecular complexity index is 169. The number of carbonyl (C=O) groups excluding carboxylic acids is 1. The van der Waals surface area contributed by atoms with Gasteiger partial charge in [-0.25, -0.2) is 0 Å². The van der Waals surface area contributed by atoms with Gasteiger partial charge < -0.3 is 10.5 Å². The minimum atomic E-state index is 0.0618. The summed E-state index contributed by atoms with van der Waals surface area (Å²) in [6.45, 7) is 4.00. The van der Waals surface area contributed by atoms with Crippen LogP contribution in [-0.2, 0) is 9.53 Å². The summed E-state index contributed by atoms with van der Waals surface area (Å²) >= 11 is 0. The van der Waals surface area contributed by atoms with Crippen LogP contribution in [0.4, 0.5) is 0 Å². The Morgan fingerprint density at radius 3 is 2.93 bits per heavy atom. The van der Waals surface area contributed by atoms with Gasteiger partial charge in [-0.3, -0.25) is 4.79 Å². The molecule has 3 heteroatoms. The number of hydrogen-bond donors (Lipinski definition) is 1. The molecule has 0 aromatic carbocycles. The molecule has 0 aromatic rings. The number of ether oxygens (including phenoxy) is 1. The van der Waals surface area contributed by atoms with Crippen LogP contribution in [0.2, 0.25) is 0 Å². The Labute approximate surface area is 86.0 Å². The second-order valence-corrected chi connectivity index (χ2v) is 4.04. The Kier molecular flexibility index (Phi) is 5.12. The maximum absolute atomic E-state index is 12.0. The smallest absolute Gasteiger partial charge is 0.142 e. The Morgan fingerprint density at radius 2 is 2.43 bits per heavy atom. The van der Waals surface area contributed by atoms with E-state index in [1.807, 2.05) is 0 Å². The third kappa shape index (κ3) is 3.07. The third-order valence-corrected chi connectivity index (χ3v) is 2.89. The molecule has 1 fully saturated rings. The molecule has 2 atom stereocenters. The summed E-state index contributed by atoms with van der Waals surface area (Å²) in [6.07, 6.45) is 3.95. The topological polar surface area (TPSA) is 52.3 Å². The first-order valence-corrected chi connectivity index (χ1v) is 5.61. The number of carbonyl (C=O) groups is 1. The Hall–Kier alpha value is -0.410. The largest absolute Gasteiger partial charge is 0.381 e. The van der Waals surface area contributed by atoms with Gasteiger partial charge in [-0.15, -0.1) is 0 Å². The van der Waals surface area contributed by atoms with Crippen molar-refractivity contribution in [2.75, 3.05) is 19.8 Å². The molecule has 1 saturated heterocycles. The second kappa shape index (κ2) is 6.14. The summed E-state index contributed by atoms with van der Waals surface area (Å²) in [5.74, 6) is 0.504. The molecule has 2 unspecified atom stereocenters. The highest BCUT2D eigenvalue weighted by atomic mass is 16.5. The zero-order chi connectivity index (χ0) is 10.4. The first kappa shape index (κ1) is 11.7. The molecule has 14 heavy (non-hydrogen) atoms. The SMILES string of the molecule is CCCC(CN)C(=O)C1CCCOC1. The molecular weight excluding hydrogens is 178 g/mol. The zero-order valence-electron chi connectivity index (χ0n) is 9.00. The minimum absolute atomic E-state index is 0.0618. The van der Waals surface area contributed by atoms with Crippen LogP contribution in [-0.4, -0.2) is 25.5 Å². The van der Waals surface area contributed by atoms with Crippen molar-refractivity contribution in [2.24, 2.45) is 17.6 Å². The van der Waals surface area contributed by atoms with Gasteiger partial charge in [0, 0.05) is 25.0 Å². The van der Waals surface area contributed by atoms with Crippen molar-refractivity contribution in [3.8, 4) is 0 Å². The Morgan fingerprint density at radius 1 is 1.64 bits per heavy atom. The number of rotatable bonds is 5. The van der Waals surface area contributed by atoms with Gasteiger partial charge in [0.05, 0.1) is 6.61 Å². The lowest BCUT2D eigenvalue weighted by atomic mass is 9.86. The molecule has 1 heterocycles. The van der Waals surface area contributed by atoms with Crippen LogP contribution >= 0.6 is 0 Å². The van der Waals surface area contributed by atoms with Crippen LogP contribution in [0.1, 0.15) is 32.6 Å². The quantitative estimate of drug-likeness (QED) is 0.727. The molecule has 3 nitrogen and oxygen atoms in total. The fourth-order valence-electron chi connectivity index (χ4n) is 2.02. The molecule has 0 amide bonds. The lowest BCUT2D eigenvalue weighted by molar-refractivity contribution is -0.130. The number of hydrogen-bond acceptors (Lipinski definition) is 3. The number of nitrogens with two attached hydrogens (primary N) is 1. The van der Waals surface area contributed by atoms with Crippen molar-refractivity contribution in [2.45, 2.75) is 32.6 Å². The van der Waals surface area contributed by atoms with E-state index in [1.54, 1.807) is 0 Å². The highest BCUT2D eigenvalue weighted by Gasteiger charge is 2.27. The van der Waals surface area contributed by atoms with Crippen LogP contribution in [0.3, 0.4) is 0 Å². The molecule has 0 radical (unpaired) electrons. The highest BCUT2D eigenvalue weighted by molar-refractivity contribution is 5.83. The van der Waals surface area contributed by atoms with Crippen LogP contribution < -0.4 is 5.73 Å². The molecule has 0 aromatic heterocycles. The van der Waals surface area contributed by atoms with Gasteiger partial charge in [0.2, 0.25) is 0 Å². The van der Waals surface area contributed by atoms with E-state index < -0.39 is 0 Å². The van der Waals surface area contributed by atoms with E-state index >= 15 is 0 Å². The Balaban J connectivity index is 2.43. The van der Waals surface area contributed by atoms with Crippen molar-refractivity contribution in [1.82, 2.24) is 0 Å². The molecule has 1 aliphatic heterocycles. The number of ketones is 1. The molecule has 0 aliphatic carbocycles. The first-order chi connectivity index (χ1) is 6.79. The van der Waals surface area contributed by atoms with Crippen LogP contribution in [0.25, 0.3) is 0 Å². The standard InChI is InChI=1S/C11H21NO2/c1-2-4-9(7-12)11(13)10-5-3-6-14-8-10/h9-10H,2-8,12H2,1H3. The molecule has 1 aliphatic rings. The summed E-state index contributed by atoms with van der Waals surface area (Å²) < 4.78 is 5.31. The minimum Gasteiger partial charge on any atom is -0.381 e. The second-order valence-electron chi connectivity index (χ2n) is 4.04. The average Bonchev–Trinajstić information content (AvgIpc) is 2.26. The zero-order valence-corrected chi connectivity index (χ0v) is 9.00. The van der Waals surface area contributed by atoms with Crippen molar-refractivity contribution >= 4 is 5.78 Å². The van der Waals surface area contributed by atoms with Gasteiger partial charge in [-0.05, 0) is 19.3 Å². The molecule has 0 spiro atoms. The van der Waals surface area contributed by atoms with E-state index in [9.17, 15) is 4.79 Å². The van der Waals surface area contributed by atoms with Crippen molar-refractivity contribution in [1.29, 1.82) is 0 Å². The van der Waals surface area contributed by atoms with Gasteiger partial charge in [0.1, 0.15) is 5.78 Å². The summed E-state index contributed by atoms with van der Waals surface area (Å²) in [6, 6.07) is 0. The van der Waals surface area contributed by atoms with Gasteiger partial charge >= 0.3 is 0 Å². The van der Waals surface area contributed by atoms with E-state index in [1.165, 1.54) is 0 Å². The van der Waals surface area contributed by atoms with E-state index in [0.29, 0.717) is 18.9 Å². The molecule has 1 rings (SSSR count). The van der Waals surface area contributed by atoms with Crippen LogP contribution in [0.15, 0.2) is 0 Å². The normalized spacial score (nSPS) is 24.6. The lowest BCUT2D eigenvalue weighted by Crippen LogP contribution is -2.34. The summed E-state index contributed by atoms with van der Waals surface area (Å²) in [4.78, 5) is 12.0. The van der Waals surface area contributed by atoms with Gasteiger partial charge in [-0.2, -0.15) is 0 Å². The van der Waals surface area contributed by atoms with Crippen molar-refractivity contribution in [3.05, 3.63) is 0 Å². The summed E-state index contributed by atoms with van der Waals surface area (Å²) in [7, 11) is 0. The fraction of sp³-hybridized carbons (Fsp3) is 0.909. The van der Waals surface area contributed by atoms with Gasteiger partial charge in [0.15, 0.2) is 0 Å². The molecule has 0 bridgehead atoms. The van der Waals surface area contributed by atoms with Crippen molar-refractivity contribution < 1.29 is 9.53 Å². The van der Waals surface area contributed by atoms with Crippen LogP contribution in [0.5, 0.6) is 0 Å². The lowest BCUT2D eigenvalue weighted by Gasteiger charge is -2.24. The third-order valence-electron chi connectivity index (χ3n) is 2.89. The molecular formula is C11H21NO2. The van der Waals surface area contributed by atoms with E-state index in [4.69, 9.17) is 10.5 Å². The summed E-state index contributed by atoms with van der Waals surface area (Å²) in [5.41, 5.74) is 5.60. The maximum Gasteiger partial charge on any atom is 0.142 e. The van der Waals surface area contributed by atoms with Gasteiger partial charge in [-0.1, -0.05) is 13.3 Å². The van der Waals surface area contributed by atoms with Gasteiger partial charge in [0.25, 0.3) is 0 Å². The fourth-order valence-corrected chi connectivity index (χ4v) is 2.02. The average molecular weight is 199 g/mol. The predicted octanol–water partition coefficient (Wildman–Crippen LogP) is 1.36. The monoisotopic (exact) mass is 199 g/mol. The number of Topliss-reactive ketones (excluding diaryl/α,β-unsaturated/α-hetero) is 1. The molecule has 0 saturated carbocycles.